The quantitative estimate of drug-likeness (QED) is 0.833. The highest BCUT2D eigenvalue weighted by Crippen LogP contribution is 2.32. The molecule has 0 radical (unpaired) electrons. The van der Waals surface area contributed by atoms with Gasteiger partial charge in [0.15, 0.2) is 4.87 Å². The van der Waals surface area contributed by atoms with Crippen molar-refractivity contribution in [2.45, 2.75) is 18.7 Å². The highest BCUT2D eigenvalue weighted by molar-refractivity contribution is 8.16. The predicted octanol–water partition coefficient (Wildman–Crippen LogP) is 1.96. The van der Waals surface area contributed by atoms with Crippen molar-refractivity contribution >= 4 is 22.8 Å². The molecule has 0 aromatic heterocycles. The molecule has 0 amide bonds. The molecule has 1 N–H and O–H groups in total. The molecule has 1 unspecified atom stereocenters. The number of esters is 1. The first-order chi connectivity index (χ1) is 8.15. The highest BCUT2D eigenvalue weighted by atomic mass is 32.2. The van der Waals surface area contributed by atoms with Crippen LogP contribution in [0, 0.1) is 0 Å². The van der Waals surface area contributed by atoms with Gasteiger partial charge in [0.1, 0.15) is 5.04 Å². The van der Waals surface area contributed by atoms with Crippen molar-refractivity contribution in [2.24, 2.45) is 5.10 Å². The topological polar surface area (TPSA) is 50.7 Å². The van der Waals surface area contributed by atoms with E-state index in [2.05, 4.69) is 10.5 Å². The lowest BCUT2D eigenvalue weighted by Crippen LogP contribution is -2.42. The number of carbonyl (C=O) groups excluding carboxylic acids is 1. The lowest BCUT2D eigenvalue weighted by molar-refractivity contribution is -0.146. The molecule has 1 aromatic carbocycles. The number of benzene rings is 1. The lowest BCUT2D eigenvalue weighted by atomic mass is 10.2. The van der Waals surface area contributed by atoms with E-state index >= 15 is 0 Å². The Bertz CT molecular complexity index is 447. The molecule has 1 aromatic rings. The van der Waals surface area contributed by atoms with E-state index in [0.717, 1.165) is 10.6 Å². The average molecular weight is 250 g/mol. The Morgan fingerprint density at radius 3 is 2.82 bits per heavy atom. The van der Waals surface area contributed by atoms with Crippen LogP contribution in [0.25, 0.3) is 0 Å². The normalized spacial score (nSPS) is 22.8. The summed E-state index contributed by atoms with van der Waals surface area (Å²) in [5, 5.41) is 5.00. The molecule has 1 heterocycles. The van der Waals surface area contributed by atoms with Gasteiger partial charge in [-0.1, -0.05) is 42.1 Å². The molecule has 1 aliphatic rings. The fraction of sp³-hybridized carbons (Fsp3) is 0.333. The number of hydrogen-bond acceptors (Lipinski definition) is 5. The molecule has 0 saturated heterocycles. The molecular formula is C12H14N2O2S. The van der Waals surface area contributed by atoms with Crippen LogP contribution < -0.4 is 5.43 Å². The maximum Gasteiger partial charge on any atom is 0.343 e. The van der Waals surface area contributed by atoms with Crippen LogP contribution in [-0.2, 0) is 9.53 Å². The number of hydrazone groups is 1. The van der Waals surface area contributed by atoms with Crippen LogP contribution in [0.5, 0.6) is 0 Å². The summed E-state index contributed by atoms with van der Waals surface area (Å²) in [6, 6.07) is 9.76. The molecule has 0 saturated carbocycles. The van der Waals surface area contributed by atoms with Crippen LogP contribution in [0.3, 0.4) is 0 Å². The Labute approximate surface area is 104 Å². The third-order valence-electron chi connectivity index (χ3n) is 2.36. The summed E-state index contributed by atoms with van der Waals surface area (Å²) < 4.78 is 5.02. The second kappa shape index (κ2) is 4.79. The van der Waals surface area contributed by atoms with Gasteiger partial charge in [-0.05, 0) is 13.8 Å². The summed E-state index contributed by atoms with van der Waals surface area (Å²) in [6.07, 6.45) is 0. The number of ether oxygens (including phenoxy) is 1. The molecule has 0 fully saturated rings. The minimum absolute atomic E-state index is 0.292. The van der Waals surface area contributed by atoms with Crippen LogP contribution in [0.1, 0.15) is 19.4 Å². The standard InChI is InChI=1S/C12H14N2O2S/c1-3-16-11(15)12(2)14-13-10(17-12)9-7-5-4-6-8-9/h4-8,14H,3H2,1-2H3. The smallest absolute Gasteiger partial charge is 0.343 e. The summed E-state index contributed by atoms with van der Waals surface area (Å²) in [5.41, 5.74) is 3.84. The Kier molecular flexibility index (Phi) is 3.38. The van der Waals surface area contributed by atoms with E-state index in [4.69, 9.17) is 4.74 Å². The molecular weight excluding hydrogens is 236 g/mol. The molecule has 5 heteroatoms. The number of nitrogens with zero attached hydrogens (tertiary/aromatic N) is 1. The number of nitrogens with one attached hydrogen (secondary N) is 1. The van der Waals surface area contributed by atoms with E-state index in [9.17, 15) is 4.79 Å². The van der Waals surface area contributed by atoms with Crippen molar-refractivity contribution in [2.75, 3.05) is 6.61 Å². The molecule has 17 heavy (non-hydrogen) atoms. The van der Waals surface area contributed by atoms with Gasteiger partial charge >= 0.3 is 5.97 Å². The largest absolute Gasteiger partial charge is 0.464 e. The SMILES string of the molecule is CCOC(=O)C1(C)NN=C(c2ccccc2)S1. The van der Waals surface area contributed by atoms with Gasteiger partial charge in [0.05, 0.1) is 6.61 Å². The molecule has 90 valence electrons. The lowest BCUT2D eigenvalue weighted by Gasteiger charge is -2.19. The van der Waals surface area contributed by atoms with E-state index in [1.165, 1.54) is 11.8 Å². The van der Waals surface area contributed by atoms with Gasteiger partial charge in [-0.2, -0.15) is 5.10 Å². The van der Waals surface area contributed by atoms with E-state index in [0.29, 0.717) is 6.61 Å². The molecule has 1 aliphatic heterocycles. The maximum atomic E-state index is 11.8. The molecule has 0 aliphatic carbocycles. The van der Waals surface area contributed by atoms with E-state index in [1.807, 2.05) is 30.3 Å². The van der Waals surface area contributed by atoms with Crippen molar-refractivity contribution in [1.29, 1.82) is 0 Å². The first-order valence-corrected chi connectivity index (χ1v) is 6.24. The third-order valence-corrected chi connectivity index (χ3v) is 3.54. The second-order valence-corrected chi connectivity index (χ2v) is 5.16. The van der Waals surface area contributed by atoms with E-state index in [-0.39, 0.29) is 5.97 Å². The summed E-state index contributed by atoms with van der Waals surface area (Å²) in [7, 11) is 0. The fourth-order valence-electron chi connectivity index (χ4n) is 1.46. The number of rotatable bonds is 3. The zero-order valence-corrected chi connectivity index (χ0v) is 10.6. The number of hydrogen-bond donors (Lipinski definition) is 1. The van der Waals surface area contributed by atoms with Crippen molar-refractivity contribution in [1.82, 2.24) is 5.43 Å². The molecule has 0 bridgehead atoms. The minimum atomic E-state index is -0.818. The van der Waals surface area contributed by atoms with Crippen molar-refractivity contribution in [3.05, 3.63) is 35.9 Å². The van der Waals surface area contributed by atoms with Gasteiger partial charge in [-0.3, -0.25) is 5.43 Å². The molecule has 2 rings (SSSR count). The van der Waals surface area contributed by atoms with E-state index in [1.54, 1.807) is 13.8 Å². The molecule has 1 atom stereocenters. The fourth-order valence-corrected chi connectivity index (χ4v) is 2.42. The van der Waals surface area contributed by atoms with Crippen LogP contribution in [0.4, 0.5) is 0 Å². The van der Waals surface area contributed by atoms with Gasteiger partial charge in [-0.25, -0.2) is 4.79 Å². The zero-order chi connectivity index (χ0) is 12.3. The summed E-state index contributed by atoms with van der Waals surface area (Å²) in [4.78, 5) is 10.9. The van der Waals surface area contributed by atoms with Gasteiger partial charge in [-0.15, -0.1) is 0 Å². The first kappa shape index (κ1) is 12.0. The van der Waals surface area contributed by atoms with Crippen LogP contribution >= 0.6 is 11.8 Å². The van der Waals surface area contributed by atoms with Crippen molar-refractivity contribution < 1.29 is 9.53 Å². The average Bonchev–Trinajstić information content (AvgIpc) is 2.75. The Morgan fingerprint density at radius 1 is 1.47 bits per heavy atom. The highest BCUT2D eigenvalue weighted by Gasteiger charge is 2.41. The Hall–Kier alpha value is -1.49. The van der Waals surface area contributed by atoms with E-state index < -0.39 is 4.87 Å². The van der Waals surface area contributed by atoms with Crippen LogP contribution in [0.2, 0.25) is 0 Å². The third kappa shape index (κ3) is 2.44. The zero-order valence-electron chi connectivity index (χ0n) is 9.77. The first-order valence-electron chi connectivity index (χ1n) is 5.42. The Morgan fingerprint density at radius 2 is 2.18 bits per heavy atom. The molecule has 0 spiro atoms. The number of carbonyl (C=O) groups is 1. The van der Waals surface area contributed by atoms with Crippen LogP contribution in [0.15, 0.2) is 35.4 Å². The Balaban J connectivity index is 2.11. The maximum absolute atomic E-state index is 11.8. The predicted molar refractivity (Wildman–Crippen MR) is 68.7 cm³/mol. The number of thioether (sulfide) groups is 1. The van der Waals surface area contributed by atoms with Gasteiger partial charge in [0.2, 0.25) is 0 Å². The summed E-state index contributed by atoms with van der Waals surface area (Å²) in [5.74, 6) is -0.292. The second-order valence-electron chi connectivity index (χ2n) is 3.75. The molecule has 4 nitrogen and oxygen atoms in total. The van der Waals surface area contributed by atoms with Gasteiger partial charge in [0.25, 0.3) is 0 Å². The van der Waals surface area contributed by atoms with Gasteiger partial charge in [0, 0.05) is 5.56 Å². The minimum Gasteiger partial charge on any atom is -0.464 e. The monoisotopic (exact) mass is 250 g/mol. The van der Waals surface area contributed by atoms with Crippen LogP contribution in [-0.4, -0.2) is 22.5 Å². The summed E-state index contributed by atoms with van der Waals surface area (Å²) in [6.45, 7) is 3.94. The van der Waals surface area contributed by atoms with Crippen molar-refractivity contribution in [3.8, 4) is 0 Å². The van der Waals surface area contributed by atoms with Gasteiger partial charge < -0.3 is 4.74 Å². The van der Waals surface area contributed by atoms with Crippen molar-refractivity contribution in [3.63, 3.8) is 0 Å². The summed E-state index contributed by atoms with van der Waals surface area (Å²) >= 11 is 1.38.